The Labute approximate surface area is 123 Å². The van der Waals surface area contributed by atoms with Gasteiger partial charge in [-0.25, -0.2) is 8.78 Å². The fourth-order valence-corrected chi connectivity index (χ4v) is 3.29. The van der Waals surface area contributed by atoms with E-state index < -0.39 is 11.6 Å². The smallest absolute Gasteiger partial charge is 0.182 e. The summed E-state index contributed by atoms with van der Waals surface area (Å²) < 4.78 is 28.6. The molecule has 2 N–H and O–H groups in total. The van der Waals surface area contributed by atoms with Crippen molar-refractivity contribution in [2.24, 2.45) is 5.73 Å². The summed E-state index contributed by atoms with van der Waals surface area (Å²) in [7, 11) is 1.73. The van der Waals surface area contributed by atoms with Crippen LogP contribution in [0.1, 0.15) is 10.4 Å². The molecule has 0 unspecified atom stereocenters. The van der Waals surface area contributed by atoms with Crippen LogP contribution in [-0.4, -0.2) is 7.05 Å². The molecule has 0 aliphatic heterocycles. The van der Waals surface area contributed by atoms with Crippen molar-refractivity contribution >= 4 is 33.0 Å². The Balaban J connectivity index is 2.24. The summed E-state index contributed by atoms with van der Waals surface area (Å²) in [6.45, 7) is 0.513. The van der Waals surface area contributed by atoms with E-state index in [1.165, 1.54) is 6.07 Å². The van der Waals surface area contributed by atoms with E-state index in [1.54, 1.807) is 29.4 Å². The lowest BCUT2D eigenvalue weighted by molar-refractivity contribution is 0.498. The molecule has 19 heavy (non-hydrogen) atoms. The maximum Gasteiger partial charge on any atom is 0.182 e. The summed E-state index contributed by atoms with van der Waals surface area (Å²) in [5.41, 5.74) is 5.77. The molecule has 2 rings (SSSR count). The highest BCUT2D eigenvalue weighted by Gasteiger charge is 2.16. The highest BCUT2D eigenvalue weighted by Crippen LogP contribution is 2.27. The predicted molar refractivity (Wildman–Crippen MR) is 78.4 cm³/mol. The van der Waals surface area contributed by atoms with Crippen molar-refractivity contribution < 1.29 is 8.78 Å². The van der Waals surface area contributed by atoms with E-state index in [1.807, 2.05) is 11.4 Å². The number of hydrogen-bond donors (Lipinski definition) is 1. The van der Waals surface area contributed by atoms with Crippen molar-refractivity contribution in [3.05, 3.63) is 50.1 Å². The summed E-state index contributed by atoms with van der Waals surface area (Å²) in [5, 5.41) is 1.96. The topological polar surface area (TPSA) is 29.3 Å². The fraction of sp³-hybridized carbons (Fsp3) is 0.231. The Morgan fingerprint density at radius 2 is 2.05 bits per heavy atom. The van der Waals surface area contributed by atoms with Gasteiger partial charge in [0.15, 0.2) is 11.6 Å². The zero-order chi connectivity index (χ0) is 14.0. The largest absolute Gasteiger partial charge is 0.367 e. The molecule has 0 aliphatic rings. The van der Waals surface area contributed by atoms with Crippen molar-refractivity contribution in [3.8, 4) is 0 Å². The van der Waals surface area contributed by atoms with Crippen LogP contribution in [-0.2, 0) is 13.1 Å². The minimum Gasteiger partial charge on any atom is -0.367 e. The number of rotatable bonds is 4. The van der Waals surface area contributed by atoms with E-state index in [-0.39, 0.29) is 17.8 Å². The number of hydrogen-bond acceptors (Lipinski definition) is 3. The van der Waals surface area contributed by atoms with Crippen LogP contribution in [0.15, 0.2) is 28.1 Å². The van der Waals surface area contributed by atoms with Crippen LogP contribution in [0, 0.1) is 11.6 Å². The fourth-order valence-electron chi connectivity index (χ4n) is 1.79. The van der Waals surface area contributed by atoms with E-state index in [9.17, 15) is 8.78 Å². The lowest BCUT2D eigenvalue weighted by atomic mass is 10.1. The first kappa shape index (κ1) is 14.4. The van der Waals surface area contributed by atoms with Crippen LogP contribution in [0.4, 0.5) is 14.5 Å². The van der Waals surface area contributed by atoms with Crippen molar-refractivity contribution in [2.45, 2.75) is 13.1 Å². The van der Waals surface area contributed by atoms with Gasteiger partial charge in [0.1, 0.15) is 0 Å². The molecule has 0 aliphatic carbocycles. The minimum atomic E-state index is -0.862. The van der Waals surface area contributed by atoms with Crippen LogP contribution in [0.25, 0.3) is 0 Å². The van der Waals surface area contributed by atoms with Crippen molar-refractivity contribution in [3.63, 3.8) is 0 Å². The van der Waals surface area contributed by atoms with Gasteiger partial charge < -0.3 is 10.6 Å². The normalized spacial score (nSPS) is 10.8. The Bertz CT molecular complexity index is 586. The third-order valence-corrected chi connectivity index (χ3v) is 4.47. The van der Waals surface area contributed by atoms with Crippen LogP contribution < -0.4 is 10.6 Å². The van der Waals surface area contributed by atoms with Crippen molar-refractivity contribution in [2.75, 3.05) is 11.9 Å². The predicted octanol–water partition coefficient (Wildman–Crippen LogP) is 3.88. The molecule has 1 aromatic carbocycles. The van der Waals surface area contributed by atoms with E-state index in [0.29, 0.717) is 6.54 Å². The van der Waals surface area contributed by atoms with E-state index in [2.05, 4.69) is 15.9 Å². The number of anilines is 1. The average molecular weight is 347 g/mol. The van der Waals surface area contributed by atoms with Gasteiger partial charge in [-0.1, -0.05) is 6.07 Å². The molecule has 0 saturated carbocycles. The number of benzene rings is 1. The summed E-state index contributed by atoms with van der Waals surface area (Å²) in [4.78, 5) is 2.74. The summed E-state index contributed by atoms with van der Waals surface area (Å²) in [6, 6.07) is 5.04. The van der Waals surface area contributed by atoms with Crippen LogP contribution in [0.5, 0.6) is 0 Å². The van der Waals surface area contributed by atoms with E-state index >= 15 is 0 Å². The Hall–Kier alpha value is -0.980. The lowest BCUT2D eigenvalue weighted by Gasteiger charge is -2.20. The average Bonchev–Trinajstić information content (AvgIpc) is 2.78. The highest BCUT2D eigenvalue weighted by molar-refractivity contribution is 9.10. The molecule has 6 heteroatoms. The molecule has 0 spiro atoms. The SMILES string of the molecule is CN(Cc1cc(Br)cs1)c1ccc(CN)c(F)c1F. The molecule has 0 bridgehead atoms. The molecule has 2 nitrogen and oxygen atoms in total. The summed E-state index contributed by atoms with van der Waals surface area (Å²) in [6.07, 6.45) is 0. The zero-order valence-corrected chi connectivity index (χ0v) is 12.7. The Kier molecular flexibility index (Phi) is 4.54. The van der Waals surface area contributed by atoms with E-state index in [0.717, 1.165) is 9.35 Å². The van der Waals surface area contributed by atoms with Gasteiger partial charge in [0, 0.05) is 33.9 Å². The summed E-state index contributed by atoms with van der Waals surface area (Å²) in [5.74, 6) is -1.71. The van der Waals surface area contributed by atoms with Crippen LogP contribution >= 0.6 is 27.3 Å². The third-order valence-electron chi connectivity index (χ3n) is 2.79. The summed E-state index contributed by atoms with van der Waals surface area (Å²) >= 11 is 4.93. The second-order valence-corrected chi connectivity index (χ2v) is 6.07. The maximum absolute atomic E-state index is 13.9. The number of halogens is 3. The van der Waals surface area contributed by atoms with Gasteiger partial charge in [0.05, 0.1) is 12.2 Å². The molecule has 1 aromatic heterocycles. The minimum absolute atomic E-state index is 0.00931. The van der Waals surface area contributed by atoms with Crippen LogP contribution in [0.2, 0.25) is 0 Å². The Morgan fingerprint density at radius 3 is 2.63 bits per heavy atom. The van der Waals surface area contributed by atoms with Gasteiger partial charge >= 0.3 is 0 Å². The molecule has 0 saturated heterocycles. The first-order valence-electron chi connectivity index (χ1n) is 5.64. The van der Waals surface area contributed by atoms with Gasteiger partial charge in [-0.05, 0) is 28.1 Å². The van der Waals surface area contributed by atoms with Gasteiger partial charge in [0.2, 0.25) is 0 Å². The quantitative estimate of drug-likeness (QED) is 0.909. The standard InChI is InChI=1S/C13H13BrF2N2S/c1-18(6-10-4-9(14)7-19-10)11-3-2-8(5-17)12(15)13(11)16/h2-4,7H,5-6,17H2,1H3. The zero-order valence-electron chi connectivity index (χ0n) is 10.3. The Morgan fingerprint density at radius 1 is 1.32 bits per heavy atom. The molecular formula is C13H13BrF2N2S. The lowest BCUT2D eigenvalue weighted by Crippen LogP contribution is -2.18. The molecule has 0 atom stereocenters. The maximum atomic E-state index is 13.9. The number of nitrogens with two attached hydrogens (primary N) is 1. The highest BCUT2D eigenvalue weighted by atomic mass is 79.9. The molecule has 0 fully saturated rings. The van der Waals surface area contributed by atoms with Crippen molar-refractivity contribution in [1.82, 2.24) is 0 Å². The monoisotopic (exact) mass is 346 g/mol. The first-order valence-corrected chi connectivity index (χ1v) is 7.31. The second-order valence-electron chi connectivity index (χ2n) is 4.16. The molecule has 1 heterocycles. The van der Waals surface area contributed by atoms with Gasteiger partial charge in [0.25, 0.3) is 0 Å². The molecule has 0 amide bonds. The number of nitrogens with zero attached hydrogens (tertiary/aromatic N) is 1. The van der Waals surface area contributed by atoms with Crippen molar-refractivity contribution in [1.29, 1.82) is 0 Å². The van der Waals surface area contributed by atoms with Gasteiger partial charge in [-0.2, -0.15) is 0 Å². The van der Waals surface area contributed by atoms with Gasteiger partial charge in [-0.15, -0.1) is 11.3 Å². The number of thiophene rings is 1. The molecule has 2 aromatic rings. The molecule has 102 valence electrons. The van der Waals surface area contributed by atoms with Crippen LogP contribution in [0.3, 0.4) is 0 Å². The van der Waals surface area contributed by atoms with Gasteiger partial charge in [-0.3, -0.25) is 0 Å². The molecular weight excluding hydrogens is 334 g/mol. The molecule has 0 radical (unpaired) electrons. The second kappa shape index (κ2) is 5.98. The third kappa shape index (κ3) is 3.13. The van der Waals surface area contributed by atoms with E-state index in [4.69, 9.17) is 5.73 Å². The first-order chi connectivity index (χ1) is 9.02.